The number of fused-ring (bicyclic) bond motifs is 1. The first-order valence-electron chi connectivity index (χ1n) is 5.82. The summed E-state index contributed by atoms with van der Waals surface area (Å²) in [5, 5.41) is 0. The van der Waals surface area contributed by atoms with Gasteiger partial charge in [0.15, 0.2) is 5.82 Å². The van der Waals surface area contributed by atoms with Gasteiger partial charge in [0.2, 0.25) is 0 Å². The molecule has 0 N–H and O–H groups in total. The first-order chi connectivity index (χ1) is 9.76. The van der Waals surface area contributed by atoms with E-state index < -0.39 is 30.5 Å². The minimum absolute atomic E-state index is 0.0341. The van der Waals surface area contributed by atoms with Crippen molar-refractivity contribution in [2.45, 2.75) is 25.3 Å². The minimum atomic E-state index is -4.35. The normalized spacial score (nSPS) is 12.6. The molecule has 0 atom stereocenters. The van der Waals surface area contributed by atoms with E-state index in [1.165, 1.54) is 0 Å². The Balaban J connectivity index is 2.61. The van der Waals surface area contributed by atoms with E-state index in [9.17, 15) is 26.3 Å². The zero-order valence-corrected chi connectivity index (χ0v) is 11.1. The summed E-state index contributed by atoms with van der Waals surface area (Å²) in [4.78, 5) is 3.75. The maximum atomic E-state index is 13.6. The lowest BCUT2D eigenvalue weighted by atomic mass is 10.2. The van der Waals surface area contributed by atoms with E-state index in [2.05, 4.69) is 4.98 Å². The van der Waals surface area contributed by atoms with Crippen LogP contribution in [0.2, 0.25) is 0 Å². The Hall–Kier alpha value is -1.44. The van der Waals surface area contributed by atoms with Crippen LogP contribution in [0.4, 0.5) is 26.3 Å². The number of alkyl halides is 5. The largest absolute Gasteiger partial charge is 0.324 e. The molecule has 0 aliphatic heterocycles. The molecule has 2 rings (SSSR count). The molecule has 21 heavy (non-hydrogen) atoms. The molecule has 0 unspecified atom stereocenters. The van der Waals surface area contributed by atoms with Crippen LogP contribution in [0.25, 0.3) is 11.0 Å². The standard InChI is InChI=1S/C12H9ClF6N2/c13-2-1-9-20-10-7(15)3-6(14)4-8(10)21(9)5-12(18,19)11(16)17/h3-4,11H,1-2,5H2. The molecule has 9 heteroatoms. The number of hydrogen-bond donors (Lipinski definition) is 0. The van der Waals surface area contributed by atoms with Crippen molar-refractivity contribution >= 4 is 22.6 Å². The van der Waals surface area contributed by atoms with Gasteiger partial charge in [-0.1, -0.05) is 0 Å². The van der Waals surface area contributed by atoms with Gasteiger partial charge >= 0.3 is 12.3 Å². The van der Waals surface area contributed by atoms with Crippen LogP contribution in [0, 0.1) is 11.6 Å². The summed E-state index contributed by atoms with van der Waals surface area (Å²) >= 11 is 5.48. The topological polar surface area (TPSA) is 17.8 Å². The summed E-state index contributed by atoms with van der Waals surface area (Å²) in [7, 11) is 0. The summed E-state index contributed by atoms with van der Waals surface area (Å²) in [6, 6.07) is 1.31. The minimum Gasteiger partial charge on any atom is -0.321 e. The number of rotatable bonds is 5. The Morgan fingerprint density at radius 3 is 2.48 bits per heavy atom. The fourth-order valence-electron chi connectivity index (χ4n) is 1.93. The lowest BCUT2D eigenvalue weighted by molar-refractivity contribution is -0.137. The fraction of sp³-hybridized carbons (Fsp3) is 0.417. The second-order valence-corrected chi connectivity index (χ2v) is 4.75. The zero-order valence-electron chi connectivity index (χ0n) is 10.4. The Bertz CT molecular complexity index is 655. The van der Waals surface area contributed by atoms with Crippen LogP contribution in [-0.4, -0.2) is 27.8 Å². The van der Waals surface area contributed by atoms with Crippen molar-refractivity contribution in [2.24, 2.45) is 0 Å². The predicted molar refractivity (Wildman–Crippen MR) is 65.0 cm³/mol. The van der Waals surface area contributed by atoms with Crippen molar-refractivity contribution in [3.8, 4) is 0 Å². The average molecular weight is 331 g/mol. The van der Waals surface area contributed by atoms with Crippen LogP contribution >= 0.6 is 11.6 Å². The monoisotopic (exact) mass is 330 g/mol. The SMILES string of the molecule is Fc1cc(F)c2nc(CCCl)n(CC(F)(F)C(F)F)c2c1. The molecule has 0 radical (unpaired) electrons. The molecule has 0 saturated heterocycles. The first-order valence-corrected chi connectivity index (χ1v) is 6.36. The van der Waals surface area contributed by atoms with Crippen LogP contribution in [0.3, 0.4) is 0 Å². The number of aryl methyl sites for hydroxylation is 1. The van der Waals surface area contributed by atoms with Gasteiger partial charge in [-0.25, -0.2) is 22.5 Å². The van der Waals surface area contributed by atoms with E-state index in [1.807, 2.05) is 0 Å². The van der Waals surface area contributed by atoms with E-state index in [0.717, 1.165) is 6.07 Å². The summed E-state index contributed by atoms with van der Waals surface area (Å²) in [5.74, 6) is -6.56. The number of nitrogens with zero attached hydrogens (tertiary/aromatic N) is 2. The third kappa shape index (κ3) is 3.09. The van der Waals surface area contributed by atoms with Crippen molar-refractivity contribution in [3.05, 3.63) is 29.6 Å². The highest BCUT2D eigenvalue weighted by Crippen LogP contribution is 2.29. The van der Waals surface area contributed by atoms with Gasteiger partial charge in [-0.3, -0.25) is 0 Å². The highest BCUT2D eigenvalue weighted by molar-refractivity contribution is 6.17. The highest BCUT2D eigenvalue weighted by Gasteiger charge is 2.42. The number of imidazole rings is 1. The van der Waals surface area contributed by atoms with Gasteiger partial charge in [-0.05, 0) is 6.07 Å². The van der Waals surface area contributed by atoms with Crippen molar-refractivity contribution in [2.75, 3.05) is 5.88 Å². The molecule has 0 saturated carbocycles. The number of hydrogen-bond acceptors (Lipinski definition) is 1. The molecule has 2 nitrogen and oxygen atoms in total. The van der Waals surface area contributed by atoms with Crippen LogP contribution in [0.1, 0.15) is 5.82 Å². The van der Waals surface area contributed by atoms with Crippen molar-refractivity contribution in [1.29, 1.82) is 0 Å². The highest BCUT2D eigenvalue weighted by atomic mass is 35.5. The molecule has 1 heterocycles. The molecular weight excluding hydrogens is 322 g/mol. The van der Waals surface area contributed by atoms with E-state index in [4.69, 9.17) is 11.6 Å². The molecule has 1 aromatic heterocycles. The average Bonchev–Trinajstić information content (AvgIpc) is 2.68. The van der Waals surface area contributed by atoms with Gasteiger partial charge in [-0.15, -0.1) is 11.6 Å². The molecule has 0 fully saturated rings. The Kier molecular flexibility index (Phi) is 4.36. The number of benzene rings is 1. The van der Waals surface area contributed by atoms with E-state index in [0.29, 0.717) is 10.6 Å². The maximum absolute atomic E-state index is 13.6. The summed E-state index contributed by atoms with van der Waals surface area (Å²) in [6.07, 6.45) is -3.95. The molecule has 0 amide bonds. The van der Waals surface area contributed by atoms with E-state index >= 15 is 0 Å². The van der Waals surface area contributed by atoms with Gasteiger partial charge in [0.05, 0.1) is 12.1 Å². The summed E-state index contributed by atoms with van der Waals surface area (Å²) < 4.78 is 78.6. The van der Waals surface area contributed by atoms with Crippen molar-refractivity contribution < 1.29 is 26.3 Å². The van der Waals surface area contributed by atoms with Crippen molar-refractivity contribution in [1.82, 2.24) is 9.55 Å². The van der Waals surface area contributed by atoms with Gasteiger partial charge in [0, 0.05) is 18.4 Å². The molecule has 2 aromatic rings. The Labute approximate surface area is 120 Å². The van der Waals surface area contributed by atoms with Crippen molar-refractivity contribution in [3.63, 3.8) is 0 Å². The lowest BCUT2D eigenvalue weighted by Gasteiger charge is -2.18. The Morgan fingerprint density at radius 2 is 1.90 bits per heavy atom. The quantitative estimate of drug-likeness (QED) is 0.598. The van der Waals surface area contributed by atoms with Gasteiger partial charge in [0.1, 0.15) is 17.2 Å². The molecule has 0 spiro atoms. The second kappa shape index (κ2) is 5.75. The van der Waals surface area contributed by atoms with E-state index in [1.54, 1.807) is 0 Å². The first kappa shape index (κ1) is 15.9. The van der Waals surface area contributed by atoms with Gasteiger partial charge in [-0.2, -0.15) is 8.78 Å². The molecule has 0 aliphatic carbocycles. The third-order valence-electron chi connectivity index (χ3n) is 2.86. The third-order valence-corrected chi connectivity index (χ3v) is 3.05. The van der Waals surface area contributed by atoms with Crippen LogP contribution in [0.15, 0.2) is 12.1 Å². The van der Waals surface area contributed by atoms with Gasteiger partial charge in [0.25, 0.3) is 0 Å². The lowest BCUT2D eigenvalue weighted by Crippen LogP contribution is -2.32. The zero-order chi connectivity index (χ0) is 15.8. The second-order valence-electron chi connectivity index (χ2n) is 4.37. The Morgan fingerprint density at radius 1 is 1.24 bits per heavy atom. The molecule has 1 aromatic carbocycles. The summed E-state index contributed by atoms with van der Waals surface area (Å²) in [6.45, 7) is -1.43. The summed E-state index contributed by atoms with van der Waals surface area (Å²) in [5.41, 5.74) is -0.672. The predicted octanol–water partition coefficient (Wildman–Crippen LogP) is 4.00. The van der Waals surface area contributed by atoms with Crippen LogP contribution < -0.4 is 0 Å². The van der Waals surface area contributed by atoms with Crippen LogP contribution in [0.5, 0.6) is 0 Å². The molecular formula is C12H9ClF6N2. The number of aromatic nitrogens is 2. The smallest absolute Gasteiger partial charge is 0.321 e. The number of halogens is 7. The fourth-order valence-corrected chi connectivity index (χ4v) is 2.10. The van der Waals surface area contributed by atoms with E-state index in [-0.39, 0.29) is 29.2 Å². The molecule has 116 valence electrons. The van der Waals surface area contributed by atoms with Gasteiger partial charge < -0.3 is 4.57 Å². The molecule has 0 aliphatic rings. The maximum Gasteiger partial charge on any atom is 0.324 e. The molecule has 0 bridgehead atoms. The van der Waals surface area contributed by atoms with Crippen LogP contribution in [-0.2, 0) is 13.0 Å².